The van der Waals surface area contributed by atoms with Crippen molar-refractivity contribution in [2.45, 2.75) is 25.7 Å². The Kier molecular flexibility index (Phi) is 2.78. The Bertz CT molecular complexity index is 90.7. The molecular weight excluding hydrogens is 110 g/mol. The maximum absolute atomic E-state index is 6.88. The highest BCUT2D eigenvalue weighted by molar-refractivity contribution is 4.90. The summed E-state index contributed by atoms with van der Waals surface area (Å²) in [6.45, 7) is 0.455. The van der Waals surface area contributed by atoms with Gasteiger partial charge < -0.3 is 0 Å². The van der Waals surface area contributed by atoms with Gasteiger partial charge in [0.2, 0.25) is 0 Å². The van der Waals surface area contributed by atoms with Crippen LogP contribution in [0.3, 0.4) is 0 Å². The second-order valence-electron chi connectivity index (χ2n) is 2.68. The molecule has 1 aliphatic rings. The van der Waals surface area contributed by atoms with E-state index >= 15 is 0 Å². The normalized spacial score (nSPS) is 21.9. The molecule has 0 atom stereocenters. The molecule has 9 heavy (non-hydrogen) atoms. The lowest BCUT2D eigenvalue weighted by atomic mass is 10.1. The number of hydrogen-bond donors (Lipinski definition) is 0. The molecule has 0 amide bonds. The molecule has 1 fully saturated rings. The zero-order chi connectivity index (χ0) is 6.53. The van der Waals surface area contributed by atoms with E-state index in [0.717, 1.165) is 5.92 Å². The Hall–Kier alpha value is -0.300. The fourth-order valence-corrected chi connectivity index (χ4v) is 1.41. The number of nitrogens with one attached hydrogen (secondary N) is 1. The summed E-state index contributed by atoms with van der Waals surface area (Å²) in [4.78, 5) is 0. The van der Waals surface area contributed by atoms with Crippen LogP contribution in [0.15, 0.2) is 12.2 Å². The van der Waals surface area contributed by atoms with Crippen LogP contribution < -0.4 is 5.73 Å². The molecule has 0 bridgehead atoms. The van der Waals surface area contributed by atoms with Crippen LogP contribution in [0.5, 0.6) is 0 Å². The molecule has 0 aromatic carbocycles. The second kappa shape index (κ2) is 3.67. The number of rotatable bonds is 2. The van der Waals surface area contributed by atoms with E-state index in [4.69, 9.17) is 5.73 Å². The van der Waals surface area contributed by atoms with E-state index < -0.39 is 0 Å². The maximum atomic E-state index is 6.88. The van der Waals surface area contributed by atoms with Gasteiger partial charge in [-0.25, -0.2) is 0 Å². The monoisotopic (exact) mass is 124 g/mol. The van der Waals surface area contributed by atoms with Crippen LogP contribution in [0.25, 0.3) is 0 Å². The van der Waals surface area contributed by atoms with Crippen molar-refractivity contribution in [3.8, 4) is 0 Å². The molecule has 0 aliphatic heterocycles. The zero-order valence-corrected chi connectivity index (χ0v) is 5.77. The molecule has 1 radical (unpaired) electrons. The second-order valence-corrected chi connectivity index (χ2v) is 2.68. The van der Waals surface area contributed by atoms with Gasteiger partial charge in [0.1, 0.15) is 0 Å². The van der Waals surface area contributed by atoms with Crippen molar-refractivity contribution in [2.75, 3.05) is 6.54 Å². The van der Waals surface area contributed by atoms with Crippen molar-refractivity contribution in [1.29, 1.82) is 0 Å². The molecule has 1 aliphatic carbocycles. The van der Waals surface area contributed by atoms with Gasteiger partial charge in [-0.1, -0.05) is 25.0 Å². The van der Waals surface area contributed by atoms with Gasteiger partial charge >= 0.3 is 0 Å². The van der Waals surface area contributed by atoms with E-state index in [2.05, 4.69) is 6.08 Å². The molecule has 1 rings (SSSR count). The van der Waals surface area contributed by atoms with Crippen molar-refractivity contribution < 1.29 is 0 Å². The average molecular weight is 124 g/mol. The molecule has 0 unspecified atom stereocenters. The van der Waals surface area contributed by atoms with E-state index in [0.29, 0.717) is 6.54 Å². The first-order valence-electron chi connectivity index (χ1n) is 3.74. The van der Waals surface area contributed by atoms with Crippen molar-refractivity contribution in [2.24, 2.45) is 5.92 Å². The minimum absolute atomic E-state index is 0.455. The van der Waals surface area contributed by atoms with Gasteiger partial charge in [0.25, 0.3) is 0 Å². The lowest BCUT2D eigenvalue weighted by molar-refractivity contribution is 0.684. The fourth-order valence-electron chi connectivity index (χ4n) is 1.41. The van der Waals surface area contributed by atoms with E-state index in [1.807, 2.05) is 6.08 Å². The van der Waals surface area contributed by atoms with Crippen LogP contribution in [0.4, 0.5) is 0 Å². The molecule has 0 saturated heterocycles. The van der Waals surface area contributed by atoms with Gasteiger partial charge in [-0.05, 0) is 18.8 Å². The van der Waals surface area contributed by atoms with Gasteiger partial charge in [-0.2, -0.15) is 0 Å². The third kappa shape index (κ3) is 2.19. The smallest absolute Gasteiger partial charge is 0.0281 e. The van der Waals surface area contributed by atoms with Crippen LogP contribution in [0.2, 0.25) is 0 Å². The largest absolute Gasteiger partial charge is 0.254 e. The highest BCUT2D eigenvalue weighted by Gasteiger charge is 2.10. The minimum Gasteiger partial charge on any atom is -0.254 e. The average Bonchev–Trinajstić information content (AvgIpc) is 2.34. The van der Waals surface area contributed by atoms with Crippen LogP contribution in [-0.2, 0) is 0 Å². The van der Waals surface area contributed by atoms with Crippen LogP contribution in [0, 0.1) is 5.92 Å². The number of hydrogen-bond acceptors (Lipinski definition) is 0. The Labute approximate surface area is 56.9 Å². The third-order valence-electron chi connectivity index (χ3n) is 1.93. The highest BCUT2D eigenvalue weighted by Crippen LogP contribution is 2.25. The minimum atomic E-state index is 0.455. The first-order chi connectivity index (χ1) is 4.43. The summed E-state index contributed by atoms with van der Waals surface area (Å²) >= 11 is 0. The van der Waals surface area contributed by atoms with Crippen molar-refractivity contribution in [3.05, 3.63) is 12.2 Å². The third-order valence-corrected chi connectivity index (χ3v) is 1.93. The first-order valence-corrected chi connectivity index (χ1v) is 3.74. The predicted octanol–water partition coefficient (Wildman–Crippen LogP) is 2.02. The Morgan fingerprint density at radius 1 is 1.33 bits per heavy atom. The Balaban J connectivity index is 2.18. The SMILES string of the molecule is [NH]C/C=C/C1CCCC1. The lowest BCUT2D eigenvalue weighted by Gasteiger charge is -1.97. The summed E-state index contributed by atoms with van der Waals surface area (Å²) < 4.78 is 0. The molecular formula is C8H14N. The summed E-state index contributed by atoms with van der Waals surface area (Å²) in [5, 5.41) is 0. The summed E-state index contributed by atoms with van der Waals surface area (Å²) in [6.07, 6.45) is 9.68. The van der Waals surface area contributed by atoms with Gasteiger partial charge in [0.15, 0.2) is 0 Å². The first kappa shape index (κ1) is 6.81. The van der Waals surface area contributed by atoms with Gasteiger partial charge in [-0.3, -0.25) is 5.73 Å². The van der Waals surface area contributed by atoms with Crippen LogP contribution in [-0.4, -0.2) is 6.54 Å². The summed E-state index contributed by atoms with van der Waals surface area (Å²) in [5.41, 5.74) is 6.88. The van der Waals surface area contributed by atoms with E-state index in [-0.39, 0.29) is 0 Å². The van der Waals surface area contributed by atoms with E-state index in [1.54, 1.807) is 0 Å². The maximum Gasteiger partial charge on any atom is 0.0281 e. The Morgan fingerprint density at radius 2 is 2.00 bits per heavy atom. The van der Waals surface area contributed by atoms with Gasteiger partial charge in [-0.15, -0.1) is 0 Å². The number of allylic oxidation sites excluding steroid dienone is 1. The van der Waals surface area contributed by atoms with Crippen LogP contribution in [0.1, 0.15) is 25.7 Å². The molecule has 1 heteroatoms. The van der Waals surface area contributed by atoms with Crippen molar-refractivity contribution >= 4 is 0 Å². The predicted molar refractivity (Wildman–Crippen MR) is 39.1 cm³/mol. The molecule has 51 valence electrons. The standard InChI is InChI=1S/C8H14N/c9-7-3-6-8-4-1-2-5-8/h3,6,8-9H,1-2,4-5,7H2/b6-3+. The summed E-state index contributed by atoms with van der Waals surface area (Å²) in [7, 11) is 0. The topological polar surface area (TPSA) is 23.8 Å². The highest BCUT2D eigenvalue weighted by atomic mass is 14.5. The molecule has 1 nitrogen and oxygen atoms in total. The van der Waals surface area contributed by atoms with Gasteiger partial charge in [0.05, 0.1) is 0 Å². The molecule has 0 heterocycles. The van der Waals surface area contributed by atoms with Crippen molar-refractivity contribution in [3.63, 3.8) is 0 Å². The zero-order valence-electron chi connectivity index (χ0n) is 5.77. The molecule has 0 spiro atoms. The van der Waals surface area contributed by atoms with Crippen LogP contribution >= 0.6 is 0 Å². The Morgan fingerprint density at radius 3 is 2.56 bits per heavy atom. The quantitative estimate of drug-likeness (QED) is 0.503. The van der Waals surface area contributed by atoms with Crippen molar-refractivity contribution in [1.82, 2.24) is 5.73 Å². The summed E-state index contributed by atoms with van der Waals surface area (Å²) in [5.74, 6) is 0.815. The molecule has 0 aromatic rings. The van der Waals surface area contributed by atoms with Gasteiger partial charge in [0, 0.05) is 6.54 Å². The lowest BCUT2D eigenvalue weighted by Crippen LogP contribution is -1.86. The molecule has 1 saturated carbocycles. The summed E-state index contributed by atoms with van der Waals surface area (Å²) in [6, 6.07) is 0. The molecule has 1 N–H and O–H groups in total. The van der Waals surface area contributed by atoms with E-state index in [9.17, 15) is 0 Å². The fraction of sp³-hybridized carbons (Fsp3) is 0.750. The molecule has 0 aromatic heterocycles. The van der Waals surface area contributed by atoms with E-state index in [1.165, 1.54) is 25.7 Å².